The maximum atomic E-state index is 4.90. The fraction of sp³-hybridized carbons (Fsp3) is 0.417. The summed E-state index contributed by atoms with van der Waals surface area (Å²) in [5.74, 6) is 0. The van der Waals surface area contributed by atoms with E-state index in [-0.39, 0.29) is 0 Å². The average Bonchev–Trinajstić information content (AvgIpc) is 2.69. The summed E-state index contributed by atoms with van der Waals surface area (Å²) >= 11 is 0. The van der Waals surface area contributed by atoms with E-state index < -0.39 is 0 Å². The lowest BCUT2D eigenvalue weighted by molar-refractivity contribution is 0.572. The summed E-state index contributed by atoms with van der Waals surface area (Å²) in [4.78, 5) is 4.05. The molecule has 0 unspecified atom stereocenters. The SMILES string of the molecule is CC.CCC.c1cnc2cocc2c1. The molecule has 0 saturated carbocycles. The smallest absolute Gasteiger partial charge is 0.117 e. The van der Waals surface area contributed by atoms with Crippen LogP contribution in [-0.4, -0.2) is 4.98 Å². The van der Waals surface area contributed by atoms with Gasteiger partial charge in [-0.1, -0.05) is 34.1 Å². The minimum atomic E-state index is 0.914. The molecule has 2 heteroatoms. The van der Waals surface area contributed by atoms with Crippen molar-refractivity contribution in [3.8, 4) is 0 Å². The minimum Gasteiger partial charge on any atom is -0.470 e. The summed E-state index contributed by atoms with van der Waals surface area (Å²) in [6, 6.07) is 3.85. The second-order valence-electron chi connectivity index (χ2n) is 2.56. The first kappa shape index (κ1) is 12.7. The Morgan fingerprint density at radius 1 is 1.21 bits per heavy atom. The van der Waals surface area contributed by atoms with Gasteiger partial charge in [-0.05, 0) is 12.1 Å². The number of rotatable bonds is 0. The van der Waals surface area contributed by atoms with Gasteiger partial charge < -0.3 is 4.42 Å². The van der Waals surface area contributed by atoms with Crippen LogP contribution in [0.1, 0.15) is 34.1 Å². The molecule has 0 spiro atoms. The minimum absolute atomic E-state index is 0.914. The van der Waals surface area contributed by atoms with Crippen LogP contribution in [0.25, 0.3) is 10.9 Å². The molecule has 2 nitrogen and oxygen atoms in total. The molecule has 78 valence electrons. The molecule has 2 aromatic heterocycles. The van der Waals surface area contributed by atoms with Gasteiger partial charge in [0, 0.05) is 11.6 Å². The number of hydrogen-bond acceptors (Lipinski definition) is 2. The maximum absolute atomic E-state index is 4.90. The van der Waals surface area contributed by atoms with E-state index in [1.807, 2.05) is 26.0 Å². The van der Waals surface area contributed by atoms with Gasteiger partial charge in [0.15, 0.2) is 0 Å². The van der Waals surface area contributed by atoms with E-state index in [0.29, 0.717) is 0 Å². The fourth-order valence-electron chi connectivity index (χ4n) is 0.800. The van der Waals surface area contributed by atoms with Crippen molar-refractivity contribution in [3.05, 3.63) is 30.9 Å². The van der Waals surface area contributed by atoms with Crippen LogP contribution >= 0.6 is 0 Å². The van der Waals surface area contributed by atoms with Crippen molar-refractivity contribution >= 4 is 10.9 Å². The second-order valence-corrected chi connectivity index (χ2v) is 2.56. The van der Waals surface area contributed by atoms with E-state index in [1.54, 1.807) is 18.7 Å². The monoisotopic (exact) mass is 193 g/mol. The van der Waals surface area contributed by atoms with Crippen LogP contribution in [0.5, 0.6) is 0 Å². The van der Waals surface area contributed by atoms with Crippen molar-refractivity contribution in [2.45, 2.75) is 34.1 Å². The van der Waals surface area contributed by atoms with E-state index in [4.69, 9.17) is 4.42 Å². The first-order chi connectivity index (χ1) is 6.88. The lowest BCUT2D eigenvalue weighted by atomic mass is 10.3. The first-order valence-corrected chi connectivity index (χ1v) is 5.15. The Bertz CT molecular complexity index is 297. The molecule has 2 aromatic rings. The highest BCUT2D eigenvalue weighted by Gasteiger charge is 1.90. The van der Waals surface area contributed by atoms with Crippen LogP contribution < -0.4 is 0 Å². The molecule has 0 fully saturated rings. The van der Waals surface area contributed by atoms with Crippen molar-refractivity contribution in [3.63, 3.8) is 0 Å². The summed E-state index contributed by atoms with van der Waals surface area (Å²) in [5, 5.41) is 1.05. The molecule has 0 amide bonds. The summed E-state index contributed by atoms with van der Waals surface area (Å²) < 4.78 is 4.90. The summed E-state index contributed by atoms with van der Waals surface area (Å²) in [6.45, 7) is 8.25. The van der Waals surface area contributed by atoms with Gasteiger partial charge in [-0.3, -0.25) is 4.98 Å². The van der Waals surface area contributed by atoms with Crippen LogP contribution in [0.15, 0.2) is 35.3 Å². The van der Waals surface area contributed by atoms with Crippen molar-refractivity contribution in [1.82, 2.24) is 4.98 Å². The first-order valence-electron chi connectivity index (χ1n) is 5.15. The topological polar surface area (TPSA) is 26.0 Å². The quantitative estimate of drug-likeness (QED) is 0.624. The van der Waals surface area contributed by atoms with Crippen LogP contribution in [-0.2, 0) is 0 Å². The van der Waals surface area contributed by atoms with E-state index in [0.717, 1.165) is 10.9 Å². The third kappa shape index (κ3) is 4.08. The summed E-state index contributed by atoms with van der Waals surface area (Å²) in [5.41, 5.74) is 0.914. The third-order valence-electron chi connectivity index (χ3n) is 1.25. The zero-order chi connectivity index (χ0) is 10.8. The van der Waals surface area contributed by atoms with Crippen LogP contribution in [0, 0.1) is 0 Å². The molecule has 0 N–H and O–H groups in total. The number of furan rings is 1. The molecule has 2 rings (SSSR count). The molecular formula is C12H19NO. The Hall–Kier alpha value is -1.31. The molecule has 0 aliphatic rings. The normalized spacial score (nSPS) is 8.29. The van der Waals surface area contributed by atoms with Crippen molar-refractivity contribution in [2.75, 3.05) is 0 Å². The number of aromatic nitrogens is 1. The van der Waals surface area contributed by atoms with Crippen molar-refractivity contribution in [1.29, 1.82) is 0 Å². The Morgan fingerprint density at radius 3 is 2.43 bits per heavy atom. The van der Waals surface area contributed by atoms with Gasteiger partial charge in [-0.15, -0.1) is 0 Å². The molecule has 14 heavy (non-hydrogen) atoms. The van der Waals surface area contributed by atoms with Crippen molar-refractivity contribution < 1.29 is 4.42 Å². The summed E-state index contributed by atoms with van der Waals surface area (Å²) in [6.07, 6.45) is 6.32. The van der Waals surface area contributed by atoms with Gasteiger partial charge in [-0.2, -0.15) is 0 Å². The highest BCUT2D eigenvalue weighted by atomic mass is 16.3. The van der Waals surface area contributed by atoms with Gasteiger partial charge in [0.2, 0.25) is 0 Å². The average molecular weight is 193 g/mol. The molecule has 0 atom stereocenters. The predicted molar refractivity (Wildman–Crippen MR) is 61.3 cm³/mol. The number of nitrogens with zero attached hydrogens (tertiary/aromatic N) is 1. The van der Waals surface area contributed by atoms with E-state index in [2.05, 4.69) is 18.8 Å². The molecule has 0 bridgehead atoms. The fourth-order valence-corrected chi connectivity index (χ4v) is 0.800. The zero-order valence-electron chi connectivity index (χ0n) is 9.45. The third-order valence-corrected chi connectivity index (χ3v) is 1.25. The molecule has 0 radical (unpaired) electrons. The van der Waals surface area contributed by atoms with Crippen LogP contribution in [0.3, 0.4) is 0 Å². The Kier molecular flexibility index (Phi) is 7.52. The highest BCUT2D eigenvalue weighted by molar-refractivity contribution is 5.76. The molecule has 2 heterocycles. The Morgan fingerprint density at radius 2 is 1.86 bits per heavy atom. The lowest BCUT2D eigenvalue weighted by Crippen LogP contribution is -1.66. The molecule has 0 saturated heterocycles. The summed E-state index contributed by atoms with van der Waals surface area (Å²) in [7, 11) is 0. The van der Waals surface area contributed by atoms with Crippen molar-refractivity contribution in [2.24, 2.45) is 0 Å². The maximum Gasteiger partial charge on any atom is 0.117 e. The molecular weight excluding hydrogens is 174 g/mol. The van der Waals surface area contributed by atoms with E-state index >= 15 is 0 Å². The zero-order valence-corrected chi connectivity index (χ0v) is 9.45. The Balaban J connectivity index is 0.000000294. The van der Waals surface area contributed by atoms with Gasteiger partial charge >= 0.3 is 0 Å². The second kappa shape index (κ2) is 8.30. The molecule has 0 aliphatic carbocycles. The number of pyridine rings is 1. The lowest BCUT2D eigenvalue weighted by Gasteiger charge is -1.79. The standard InChI is InChI=1S/C7H5NO.C3H8.C2H6/c1-2-6-4-9-5-7(6)8-3-1;1-3-2;1-2/h1-5H;3H2,1-2H3;1-2H3. The number of fused-ring (bicyclic) bond motifs is 1. The number of hydrogen-bond donors (Lipinski definition) is 0. The highest BCUT2D eigenvalue weighted by Crippen LogP contribution is 2.09. The molecule has 0 aliphatic heterocycles. The molecule has 0 aromatic carbocycles. The van der Waals surface area contributed by atoms with Crippen LogP contribution in [0.4, 0.5) is 0 Å². The van der Waals surface area contributed by atoms with Gasteiger partial charge in [-0.25, -0.2) is 0 Å². The Labute approximate surface area is 86.0 Å². The van der Waals surface area contributed by atoms with E-state index in [1.165, 1.54) is 6.42 Å². The largest absolute Gasteiger partial charge is 0.470 e. The van der Waals surface area contributed by atoms with Crippen LogP contribution in [0.2, 0.25) is 0 Å². The predicted octanol–water partition coefficient (Wildman–Crippen LogP) is 4.27. The van der Waals surface area contributed by atoms with Gasteiger partial charge in [0.25, 0.3) is 0 Å². The van der Waals surface area contributed by atoms with E-state index in [9.17, 15) is 0 Å². The van der Waals surface area contributed by atoms with Gasteiger partial charge in [0.05, 0.1) is 6.26 Å². The van der Waals surface area contributed by atoms with Gasteiger partial charge in [0.1, 0.15) is 11.8 Å².